The third-order valence-corrected chi connectivity index (χ3v) is 6.43. The molecular weight excluding hydrogens is 420 g/mol. The minimum absolute atomic E-state index is 0.0496. The van der Waals surface area contributed by atoms with Crippen molar-refractivity contribution in [1.29, 1.82) is 5.26 Å². The zero-order valence-corrected chi connectivity index (χ0v) is 17.1. The molecule has 136 valence electrons. The van der Waals surface area contributed by atoms with E-state index in [2.05, 4.69) is 25.9 Å². The third-order valence-electron chi connectivity index (χ3n) is 3.62. The molecule has 0 N–H and O–H groups in total. The van der Waals surface area contributed by atoms with E-state index in [9.17, 15) is 18.5 Å². The summed E-state index contributed by atoms with van der Waals surface area (Å²) >= 11 is 3.19. The molecule has 2 rings (SSSR count). The molecule has 1 aromatic heterocycles. The Kier molecular flexibility index (Phi) is 5.91. The van der Waals surface area contributed by atoms with Gasteiger partial charge in [0.25, 0.3) is 0 Å². The SMILES string of the molecule is Cc1cc(C)nc(C(C#N)C(=O)c2ccc(Br)c(S(=O)(=O)N(C)C)c2)n1. The average molecular weight is 437 g/mol. The first-order chi connectivity index (χ1) is 12.1. The Bertz CT molecular complexity index is 993. The summed E-state index contributed by atoms with van der Waals surface area (Å²) in [7, 11) is -0.953. The molecule has 7 nitrogen and oxygen atoms in total. The van der Waals surface area contributed by atoms with Crippen LogP contribution in [0.5, 0.6) is 0 Å². The average Bonchev–Trinajstić information content (AvgIpc) is 2.54. The molecule has 1 atom stereocenters. The second kappa shape index (κ2) is 7.61. The Balaban J connectivity index is 2.54. The molecule has 0 radical (unpaired) electrons. The number of carbonyl (C=O) groups is 1. The van der Waals surface area contributed by atoms with Gasteiger partial charge < -0.3 is 0 Å². The zero-order valence-electron chi connectivity index (χ0n) is 14.7. The van der Waals surface area contributed by atoms with E-state index in [1.54, 1.807) is 19.9 Å². The Morgan fingerprint density at radius 3 is 2.27 bits per heavy atom. The van der Waals surface area contributed by atoms with E-state index in [1.165, 1.54) is 32.3 Å². The third kappa shape index (κ3) is 3.98. The highest BCUT2D eigenvalue weighted by Gasteiger charge is 2.28. The van der Waals surface area contributed by atoms with Crippen molar-refractivity contribution in [3.63, 3.8) is 0 Å². The lowest BCUT2D eigenvalue weighted by Gasteiger charge is -2.14. The summed E-state index contributed by atoms with van der Waals surface area (Å²) in [6.45, 7) is 3.50. The Labute approximate surface area is 160 Å². The highest BCUT2D eigenvalue weighted by Crippen LogP contribution is 2.27. The molecule has 9 heteroatoms. The molecule has 1 aromatic carbocycles. The van der Waals surface area contributed by atoms with Crippen LogP contribution < -0.4 is 0 Å². The number of nitrogens with zero attached hydrogens (tertiary/aromatic N) is 4. The number of aromatic nitrogens is 2. The summed E-state index contributed by atoms with van der Waals surface area (Å²) in [5.74, 6) is -1.67. The van der Waals surface area contributed by atoms with Gasteiger partial charge in [0.1, 0.15) is 0 Å². The summed E-state index contributed by atoms with van der Waals surface area (Å²) in [4.78, 5) is 21.1. The number of Topliss-reactive ketones (excluding diaryl/α,β-unsaturated/α-hetero) is 1. The van der Waals surface area contributed by atoms with Crippen LogP contribution in [0.2, 0.25) is 0 Å². The maximum Gasteiger partial charge on any atom is 0.243 e. The van der Waals surface area contributed by atoms with Gasteiger partial charge in [0, 0.05) is 35.5 Å². The molecule has 0 bridgehead atoms. The van der Waals surface area contributed by atoms with E-state index in [-0.39, 0.29) is 16.3 Å². The fourth-order valence-electron chi connectivity index (χ4n) is 2.33. The van der Waals surface area contributed by atoms with Gasteiger partial charge in [-0.1, -0.05) is 6.07 Å². The van der Waals surface area contributed by atoms with Crippen molar-refractivity contribution in [1.82, 2.24) is 14.3 Å². The number of halogens is 1. The Morgan fingerprint density at radius 2 is 1.77 bits per heavy atom. The topological polar surface area (TPSA) is 104 Å². The lowest BCUT2D eigenvalue weighted by atomic mass is 9.98. The van der Waals surface area contributed by atoms with E-state index < -0.39 is 21.7 Å². The maximum absolute atomic E-state index is 12.8. The fraction of sp³-hybridized carbons (Fsp3) is 0.294. The second-order valence-electron chi connectivity index (χ2n) is 5.87. The van der Waals surface area contributed by atoms with Gasteiger partial charge in [-0.15, -0.1) is 0 Å². The van der Waals surface area contributed by atoms with Crippen molar-refractivity contribution in [2.75, 3.05) is 14.1 Å². The molecule has 0 aliphatic rings. The van der Waals surface area contributed by atoms with Gasteiger partial charge in [-0.05, 0) is 48.0 Å². The van der Waals surface area contributed by atoms with Crippen molar-refractivity contribution < 1.29 is 13.2 Å². The smallest absolute Gasteiger partial charge is 0.243 e. The first kappa shape index (κ1) is 20.2. The number of ketones is 1. The molecule has 2 aromatic rings. The molecule has 0 saturated carbocycles. The number of rotatable bonds is 5. The maximum atomic E-state index is 12.8. The minimum Gasteiger partial charge on any atom is -0.292 e. The molecule has 0 aliphatic carbocycles. The lowest BCUT2D eigenvalue weighted by Crippen LogP contribution is -2.23. The number of carbonyl (C=O) groups excluding carboxylic acids is 1. The lowest BCUT2D eigenvalue weighted by molar-refractivity contribution is 0.0976. The van der Waals surface area contributed by atoms with Crippen LogP contribution in [-0.4, -0.2) is 42.6 Å². The van der Waals surface area contributed by atoms with E-state index in [1.807, 2.05) is 6.07 Å². The number of benzene rings is 1. The van der Waals surface area contributed by atoms with Crippen molar-refractivity contribution in [3.8, 4) is 6.07 Å². The number of hydrogen-bond acceptors (Lipinski definition) is 6. The van der Waals surface area contributed by atoms with Gasteiger partial charge in [0.15, 0.2) is 17.5 Å². The summed E-state index contributed by atoms with van der Waals surface area (Å²) in [5, 5.41) is 9.48. The van der Waals surface area contributed by atoms with Crippen LogP contribution in [0.3, 0.4) is 0 Å². The fourth-order valence-corrected chi connectivity index (χ4v) is 4.18. The quantitative estimate of drug-likeness (QED) is 0.666. The van der Waals surface area contributed by atoms with Gasteiger partial charge in [-0.3, -0.25) is 4.79 Å². The van der Waals surface area contributed by atoms with Crippen molar-refractivity contribution in [3.05, 3.63) is 51.5 Å². The van der Waals surface area contributed by atoms with Crippen molar-refractivity contribution in [2.24, 2.45) is 0 Å². The number of sulfonamides is 1. The van der Waals surface area contributed by atoms with Gasteiger partial charge in [0.05, 0.1) is 11.0 Å². The molecule has 26 heavy (non-hydrogen) atoms. The van der Waals surface area contributed by atoms with Gasteiger partial charge in [0.2, 0.25) is 10.0 Å². The first-order valence-electron chi connectivity index (χ1n) is 7.56. The van der Waals surface area contributed by atoms with E-state index >= 15 is 0 Å². The monoisotopic (exact) mass is 436 g/mol. The molecule has 1 unspecified atom stereocenters. The predicted molar refractivity (Wildman–Crippen MR) is 99.2 cm³/mol. The number of hydrogen-bond donors (Lipinski definition) is 0. The highest BCUT2D eigenvalue weighted by molar-refractivity contribution is 9.10. The van der Waals surface area contributed by atoms with Gasteiger partial charge in [-0.25, -0.2) is 22.7 Å². The van der Waals surface area contributed by atoms with E-state index in [0.717, 1.165) is 4.31 Å². The van der Waals surface area contributed by atoms with Crippen LogP contribution in [0.1, 0.15) is 33.5 Å². The van der Waals surface area contributed by atoms with Crippen LogP contribution in [0.4, 0.5) is 0 Å². The molecule has 0 saturated heterocycles. The van der Waals surface area contributed by atoms with Crippen LogP contribution >= 0.6 is 15.9 Å². The summed E-state index contributed by atoms with van der Waals surface area (Å²) in [6, 6.07) is 7.86. The molecule has 0 fully saturated rings. The van der Waals surface area contributed by atoms with Crippen LogP contribution in [0, 0.1) is 25.2 Å². The van der Waals surface area contributed by atoms with E-state index in [4.69, 9.17) is 0 Å². The molecule has 0 aliphatic heterocycles. The molecule has 1 heterocycles. The first-order valence-corrected chi connectivity index (χ1v) is 9.79. The Morgan fingerprint density at radius 1 is 1.19 bits per heavy atom. The normalized spacial score (nSPS) is 12.7. The molecule has 0 amide bonds. The van der Waals surface area contributed by atoms with Gasteiger partial charge in [-0.2, -0.15) is 5.26 Å². The second-order valence-corrected chi connectivity index (χ2v) is 8.84. The van der Waals surface area contributed by atoms with Crippen LogP contribution in [0.25, 0.3) is 0 Å². The van der Waals surface area contributed by atoms with Crippen LogP contribution in [-0.2, 0) is 10.0 Å². The zero-order chi connectivity index (χ0) is 19.6. The Hall–Kier alpha value is -2.15. The van der Waals surface area contributed by atoms with Crippen molar-refractivity contribution >= 4 is 31.7 Å². The van der Waals surface area contributed by atoms with Gasteiger partial charge >= 0.3 is 0 Å². The highest BCUT2D eigenvalue weighted by atomic mass is 79.9. The molecular formula is C17H17BrN4O3S. The predicted octanol–water partition coefficient (Wildman–Crippen LogP) is 2.60. The van der Waals surface area contributed by atoms with Crippen molar-refractivity contribution in [2.45, 2.75) is 24.7 Å². The standard InChI is InChI=1S/C17H17BrN4O3S/c1-10-7-11(2)21-17(20-10)13(9-19)16(23)12-5-6-14(18)15(8-12)26(24,25)22(3)4/h5-8,13H,1-4H3. The van der Waals surface area contributed by atoms with E-state index in [0.29, 0.717) is 15.9 Å². The van der Waals surface area contributed by atoms with Crippen LogP contribution in [0.15, 0.2) is 33.6 Å². The largest absolute Gasteiger partial charge is 0.292 e. The minimum atomic E-state index is -3.75. The summed E-state index contributed by atoms with van der Waals surface area (Å²) < 4.78 is 26.2. The summed E-state index contributed by atoms with van der Waals surface area (Å²) in [6.07, 6.45) is 0. The summed E-state index contributed by atoms with van der Waals surface area (Å²) in [5.41, 5.74) is 1.39. The molecule has 0 spiro atoms. The number of aryl methyl sites for hydroxylation is 2. The number of nitriles is 1.